The predicted octanol–water partition coefficient (Wildman–Crippen LogP) is 3.68. The molecule has 1 amide bonds. The van der Waals surface area contributed by atoms with Crippen molar-refractivity contribution in [3.63, 3.8) is 0 Å². The lowest BCUT2D eigenvalue weighted by Crippen LogP contribution is -2.86. The number of benzene rings is 2. The molecule has 24 heavy (non-hydrogen) atoms. The standard InChI is InChI=1S/C18H20BrClN2O2/c1-11-8-14(20)5-6-16(11)22-18(23)10-21-12(2)13-4-7-17(24-3)15(19)9-13/h4-9,12,21H,10H2,1-3H3,(H,22,23)/p+1/t12-/m0/s1. The van der Waals surface area contributed by atoms with E-state index in [1.165, 1.54) is 0 Å². The van der Waals surface area contributed by atoms with Crippen LogP contribution < -0.4 is 15.4 Å². The summed E-state index contributed by atoms with van der Waals surface area (Å²) in [5.74, 6) is 0.752. The average molecular weight is 413 g/mol. The van der Waals surface area contributed by atoms with Crippen molar-refractivity contribution >= 4 is 39.1 Å². The molecule has 0 aliphatic heterocycles. The number of halogens is 2. The molecule has 0 fully saturated rings. The van der Waals surface area contributed by atoms with Gasteiger partial charge in [-0.05, 0) is 71.7 Å². The van der Waals surface area contributed by atoms with Crippen LogP contribution in [0.2, 0.25) is 5.02 Å². The first-order valence-corrected chi connectivity index (χ1v) is 8.80. The first-order chi connectivity index (χ1) is 11.4. The SMILES string of the molecule is COc1ccc([C@H](C)[NH2+]CC(=O)Nc2ccc(Cl)cc2C)cc1Br. The quantitative estimate of drug-likeness (QED) is 0.760. The molecule has 1 atom stereocenters. The Labute approximate surface area is 155 Å². The highest BCUT2D eigenvalue weighted by molar-refractivity contribution is 9.10. The third-order valence-corrected chi connectivity index (χ3v) is 4.68. The Bertz CT molecular complexity index is 737. The first kappa shape index (κ1) is 18.8. The van der Waals surface area contributed by atoms with E-state index in [0.717, 1.165) is 27.0 Å². The molecule has 0 saturated carbocycles. The molecular weight excluding hydrogens is 392 g/mol. The van der Waals surface area contributed by atoms with Gasteiger partial charge in [-0.3, -0.25) is 4.79 Å². The van der Waals surface area contributed by atoms with Crippen molar-refractivity contribution in [3.05, 3.63) is 57.0 Å². The van der Waals surface area contributed by atoms with Crippen molar-refractivity contribution < 1.29 is 14.8 Å². The van der Waals surface area contributed by atoms with Gasteiger partial charge in [-0.15, -0.1) is 0 Å². The molecule has 3 N–H and O–H groups in total. The summed E-state index contributed by atoms with van der Waals surface area (Å²) in [6, 6.07) is 11.5. The van der Waals surface area contributed by atoms with Gasteiger partial charge in [-0.1, -0.05) is 11.6 Å². The molecule has 0 radical (unpaired) electrons. The number of aryl methyl sites for hydroxylation is 1. The van der Waals surface area contributed by atoms with Crippen molar-refractivity contribution in [1.82, 2.24) is 0 Å². The molecule has 0 bridgehead atoms. The van der Waals surface area contributed by atoms with E-state index in [2.05, 4.69) is 28.2 Å². The molecule has 4 nitrogen and oxygen atoms in total. The molecule has 128 valence electrons. The number of nitrogens with one attached hydrogen (secondary N) is 1. The number of quaternary nitrogens is 1. The lowest BCUT2D eigenvalue weighted by Gasteiger charge is -2.13. The minimum atomic E-state index is -0.0418. The van der Waals surface area contributed by atoms with Gasteiger partial charge < -0.3 is 15.4 Å². The van der Waals surface area contributed by atoms with E-state index in [9.17, 15) is 4.79 Å². The van der Waals surface area contributed by atoms with Crippen LogP contribution in [-0.4, -0.2) is 19.6 Å². The van der Waals surface area contributed by atoms with E-state index in [1.807, 2.05) is 42.6 Å². The highest BCUT2D eigenvalue weighted by atomic mass is 79.9. The summed E-state index contributed by atoms with van der Waals surface area (Å²) < 4.78 is 6.14. The Balaban J connectivity index is 1.92. The van der Waals surface area contributed by atoms with Crippen LogP contribution in [0, 0.1) is 6.92 Å². The van der Waals surface area contributed by atoms with Gasteiger partial charge in [0.25, 0.3) is 5.91 Å². The zero-order chi connectivity index (χ0) is 17.7. The van der Waals surface area contributed by atoms with Crippen molar-refractivity contribution in [2.45, 2.75) is 19.9 Å². The van der Waals surface area contributed by atoms with Gasteiger partial charge in [0, 0.05) is 16.3 Å². The summed E-state index contributed by atoms with van der Waals surface area (Å²) in [4.78, 5) is 12.1. The summed E-state index contributed by atoms with van der Waals surface area (Å²) in [6.07, 6.45) is 0. The smallest absolute Gasteiger partial charge is 0.279 e. The van der Waals surface area contributed by atoms with Crippen LogP contribution in [-0.2, 0) is 4.79 Å². The number of carbonyl (C=O) groups excluding carboxylic acids is 1. The second-order valence-corrected chi connectivity index (χ2v) is 6.92. The van der Waals surface area contributed by atoms with Crippen LogP contribution in [0.1, 0.15) is 24.1 Å². The molecule has 0 saturated heterocycles. The van der Waals surface area contributed by atoms with Gasteiger partial charge in [0.05, 0.1) is 11.6 Å². The second-order valence-electron chi connectivity index (χ2n) is 5.63. The normalized spacial score (nSPS) is 11.9. The zero-order valence-electron chi connectivity index (χ0n) is 13.9. The Morgan fingerprint density at radius 1 is 1.33 bits per heavy atom. The van der Waals surface area contributed by atoms with Crippen LogP contribution in [0.3, 0.4) is 0 Å². The monoisotopic (exact) mass is 411 g/mol. The Kier molecular flexibility index (Phi) is 6.66. The van der Waals surface area contributed by atoms with Crippen LogP contribution in [0.5, 0.6) is 5.75 Å². The van der Waals surface area contributed by atoms with Crippen molar-refractivity contribution in [2.75, 3.05) is 19.0 Å². The zero-order valence-corrected chi connectivity index (χ0v) is 16.2. The number of hydrogen-bond acceptors (Lipinski definition) is 2. The second kappa shape index (κ2) is 8.51. The molecule has 0 spiro atoms. The summed E-state index contributed by atoms with van der Waals surface area (Å²) in [7, 11) is 1.64. The first-order valence-electron chi connectivity index (χ1n) is 7.63. The number of methoxy groups -OCH3 is 1. The van der Waals surface area contributed by atoms with E-state index in [4.69, 9.17) is 16.3 Å². The number of hydrogen-bond donors (Lipinski definition) is 2. The fourth-order valence-electron chi connectivity index (χ4n) is 2.35. The van der Waals surface area contributed by atoms with Crippen LogP contribution in [0.25, 0.3) is 0 Å². The minimum absolute atomic E-state index is 0.0418. The van der Waals surface area contributed by atoms with E-state index in [1.54, 1.807) is 13.2 Å². The predicted molar refractivity (Wildman–Crippen MR) is 101 cm³/mol. The van der Waals surface area contributed by atoms with Crippen molar-refractivity contribution in [1.29, 1.82) is 0 Å². The lowest BCUT2D eigenvalue weighted by molar-refractivity contribution is -0.682. The van der Waals surface area contributed by atoms with Gasteiger partial charge in [-0.25, -0.2) is 0 Å². The Morgan fingerprint density at radius 3 is 2.71 bits per heavy atom. The minimum Gasteiger partial charge on any atom is -0.496 e. The highest BCUT2D eigenvalue weighted by Crippen LogP contribution is 2.27. The molecule has 0 heterocycles. The number of carbonyl (C=O) groups is 1. The maximum atomic E-state index is 12.1. The van der Waals surface area contributed by atoms with Crippen LogP contribution in [0.4, 0.5) is 5.69 Å². The van der Waals surface area contributed by atoms with Crippen LogP contribution >= 0.6 is 27.5 Å². The van der Waals surface area contributed by atoms with Gasteiger partial charge in [0.2, 0.25) is 0 Å². The van der Waals surface area contributed by atoms with Gasteiger partial charge in [-0.2, -0.15) is 0 Å². The number of rotatable bonds is 6. The maximum absolute atomic E-state index is 12.1. The largest absolute Gasteiger partial charge is 0.496 e. The lowest BCUT2D eigenvalue weighted by atomic mass is 10.1. The van der Waals surface area contributed by atoms with Gasteiger partial charge >= 0.3 is 0 Å². The average Bonchev–Trinajstić information content (AvgIpc) is 2.55. The fourth-order valence-corrected chi connectivity index (χ4v) is 3.14. The topological polar surface area (TPSA) is 54.9 Å². The molecule has 0 aliphatic carbocycles. The third-order valence-electron chi connectivity index (χ3n) is 3.82. The van der Waals surface area contributed by atoms with Gasteiger partial charge in [0.15, 0.2) is 6.54 Å². The third kappa shape index (κ3) is 4.97. The molecule has 2 aromatic rings. The summed E-state index contributed by atoms with van der Waals surface area (Å²) in [5.41, 5.74) is 2.86. The van der Waals surface area contributed by atoms with Crippen LogP contribution in [0.15, 0.2) is 40.9 Å². The van der Waals surface area contributed by atoms with E-state index in [-0.39, 0.29) is 11.9 Å². The molecular formula is C18H21BrClN2O2+. The summed E-state index contributed by atoms with van der Waals surface area (Å²) >= 11 is 9.41. The van der Waals surface area contributed by atoms with Gasteiger partial charge in [0.1, 0.15) is 11.8 Å². The van der Waals surface area contributed by atoms with E-state index in [0.29, 0.717) is 11.6 Å². The molecule has 2 rings (SSSR count). The molecule has 0 aliphatic rings. The highest BCUT2D eigenvalue weighted by Gasteiger charge is 2.14. The number of amides is 1. The van der Waals surface area contributed by atoms with Crippen molar-refractivity contribution in [3.8, 4) is 5.75 Å². The molecule has 0 aromatic heterocycles. The Morgan fingerprint density at radius 2 is 2.08 bits per heavy atom. The fraction of sp³-hybridized carbons (Fsp3) is 0.278. The van der Waals surface area contributed by atoms with E-state index < -0.39 is 0 Å². The number of nitrogens with two attached hydrogens (primary N) is 1. The summed E-state index contributed by atoms with van der Waals surface area (Å²) in [5, 5.41) is 5.57. The van der Waals surface area contributed by atoms with Crippen molar-refractivity contribution in [2.24, 2.45) is 0 Å². The molecule has 2 aromatic carbocycles. The molecule has 6 heteroatoms. The van der Waals surface area contributed by atoms with E-state index >= 15 is 0 Å². The number of ether oxygens (including phenoxy) is 1. The number of anilines is 1. The maximum Gasteiger partial charge on any atom is 0.279 e. The Hall–Kier alpha value is -1.56. The molecule has 0 unspecified atom stereocenters. The summed E-state index contributed by atoms with van der Waals surface area (Å²) in [6.45, 7) is 4.32.